The number of ether oxygens (including phenoxy) is 1. The van der Waals surface area contributed by atoms with Crippen LogP contribution in [0.15, 0.2) is 42.5 Å². The molecule has 0 aliphatic carbocycles. The molecule has 110 valence electrons. The highest BCUT2D eigenvalue weighted by molar-refractivity contribution is 6.30. The topological polar surface area (TPSA) is 26.3 Å². The molecular weight excluding hydrogens is 291 g/mol. The lowest BCUT2D eigenvalue weighted by atomic mass is 10.0. The zero-order valence-corrected chi connectivity index (χ0v) is 12.5. The summed E-state index contributed by atoms with van der Waals surface area (Å²) in [5, 5.41) is 0.335. The second-order valence-corrected chi connectivity index (χ2v) is 5.24. The summed E-state index contributed by atoms with van der Waals surface area (Å²) in [6, 6.07) is 12.0. The van der Waals surface area contributed by atoms with Crippen molar-refractivity contribution >= 4 is 17.4 Å². The van der Waals surface area contributed by atoms with E-state index in [1.807, 2.05) is 24.3 Å². The van der Waals surface area contributed by atoms with Gasteiger partial charge in [0.2, 0.25) is 0 Å². The fraction of sp³-hybridized carbons (Fsp3) is 0.235. The minimum atomic E-state index is -0.430. The van der Waals surface area contributed by atoms with Crippen molar-refractivity contribution in [3.05, 3.63) is 64.4 Å². The van der Waals surface area contributed by atoms with Crippen LogP contribution in [0.4, 0.5) is 4.39 Å². The molecule has 0 saturated carbocycles. The molecule has 0 N–H and O–H groups in total. The Hall–Kier alpha value is -1.87. The predicted molar refractivity (Wildman–Crippen MR) is 81.4 cm³/mol. The number of ketones is 1. The van der Waals surface area contributed by atoms with Crippen LogP contribution in [0.5, 0.6) is 5.75 Å². The number of aryl methyl sites for hydroxylation is 1. The van der Waals surface area contributed by atoms with Gasteiger partial charge in [0, 0.05) is 17.9 Å². The van der Waals surface area contributed by atoms with E-state index >= 15 is 0 Å². The van der Waals surface area contributed by atoms with Gasteiger partial charge in [0.1, 0.15) is 17.3 Å². The van der Waals surface area contributed by atoms with E-state index in [2.05, 4.69) is 0 Å². The summed E-state index contributed by atoms with van der Waals surface area (Å²) < 4.78 is 18.7. The minimum absolute atomic E-state index is 0.00652. The second-order valence-electron chi connectivity index (χ2n) is 4.80. The van der Waals surface area contributed by atoms with Crippen LogP contribution >= 0.6 is 11.6 Å². The second kappa shape index (κ2) is 7.23. The molecule has 0 atom stereocenters. The molecule has 0 amide bonds. The van der Waals surface area contributed by atoms with Crippen molar-refractivity contribution in [1.82, 2.24) is 0 Å². The molecule has 0 aliphatic rings. The maximum absolute atomic E-state index is 13.6. The zero-order valence-electron chi connectivity index (χ0n) is 11.7. The SMILES string of the molecule is COc1ccc(CCC(=O)Cc2ccc(Cl)cc2F)cc1. The van der Waals surface area contributed by atoms with E-state index in [1.165, 1.54) is 6.07 Å². The molecule has 0 heterocycles. The molecule has 0 bridgehead atoms. The molecule has 4 heteroatoms. The van der Waals surface area contributed by atoms with E-state index in [0.717, 1.165) is 11.3 Å². The number of hydrogen-bond donors (Lipinski definition) is 0. The van der Waals surface area contributed by atoms with Gasteiger partial charge >= 0.3 is 0 Å². The van der Waals surface area contributed by atoms with Gasteiger partial charge < -0.3 is 4.74 Å². The van der Waals surface area contributed by atoms with Crippen LogP contribution in [0.25, 0.3) is 0 Å². The maximum Gasteiger partial charge on any atom is 0.137 e. The van der Waals surface area contributed by atoms with Crippen molar-refractivity contribution in [1.29, 1.82) is 0 Å². The summed E-state index contributed by atoms with van der Waals surface area (Å²) in [5.74, 6) is 0.362. The number of carbonyl (C=O) groups excluding carboxylic acids is 1. The lowest BCUT2D eigenvalue weighted by Gasteiger charge is -2.05. The van der Waals surface area contributed by atoms with E-state index < -0.39 is 5.82 Å². The van der Waals surface area contributed by atoms with E-state index in [-0.39, 0.29) is 12.2 Å². The fourth-order valence-electron chi connectivity index (χ4n) is 2.04. The number of carbonyl (C=O) groups is 1. The maximum atomic E-state index is 13.6. The van der Waals surface area contributed by atoms with Gasteiger partial charge in [-0.15, -0.1) is 0 Å². The third-order valence-corrected chi connectivity index (χ3v) is 3.49. The van der Waals surface area contributed by atoms with Crippen molar-refractivity contribution in [2.24, 2.45) is 0 Å². The normalized spacial score (nSPS) is 10.4. The van der Waals surface area contributed by atoms with Gasteiger partial charge in [-0.2, -0.15) is 0 Å². The molecule has 21 heavy (non-hydrogen) atoms. The van der Waals surface area contributed by atoms with Crippen molar-refractivity contribution < 1.29 is 13.9 Å². The molecule has 0 spiro atoms. The first-order valence-electron chi connectivity index (χ1n) is 6.67. The third kappa shape index (κ3) is 4.57. The van der Waals surface area contributed by atoms with Gasteiger partial charge in [0.15, 0.2) is 0 Å². The Kier molecular flexibility index (Phi) is 5.34. The summed E-state index contributed by atoms with van der Waals surface area (Å²) in [6.07, 6.45) is 1.12. The smallest absolute Gasteiger partial charge is 0.137 e. The summed E-state index contributed by atoms with van der Waals surface area (Å²) in [6.45, 7) is 0. The quantitative estimate of drug-likeness (QED) is 0.798. The number of methoxy groups -OCH3 is 1. The van der Waals surface area contributed by atoms with Gasteiger partial charge in [-0.3, -0.25) is 4.79 Å². The molecule has 0 aliphatic heterocycles. The number of hydrogen-bond acceptors (Lipinski definition) is 2. The van der Waals surface area contributed by atoms with Crippen LogP contribution in [0.3, 0.4) is 0 Å². The summed E-state index contributed by atoms with van der Waals surface area (Å²) in [7, 11) is 1.61. The minimum Gasteiger partial charge on any atom is -0.497 e. The van der Waals surface area contributed by atoms with Gasteiger partial charge in [-0.25, -0.2) is 4.39 Å². The van der Waals surface area contributed by atoms with Gasteiger partial charge in [0.25, 0.3) is 0 Å². The Bertz CT molecular complexity index is 623. The van der Waals surface area contributed by atoms with Crippen LogP contribution in [0.2, 0.25) is 5.02 Å². The monoisotopic (exact) mass is 306 g/mol. The zero-order chi connectivity index (χ0) is 15.2. The Morgan fingerprint density at radius 3 is 2.52 bits per heavy atom. The molecule has 0 saturated heterocycles. The number of benzene rings is 2. The average molecular weight is 307 g/mol. The number of rotatable bonds is 6. The van der Waals surface area contributed by atoms with Gasteiger partial charge in [-0.1, -0.05) is 29.8 Å². The lowest BCUT2D eigenvalue weighted by molar-refractivity contribution is -0.118. The van der Waals surface area contributed by atoms with E-state index in [4.69, 9.17) is 16.3 Å². The molecule has 2 nitrogen and oxygen atoms in total. The molecule has 2 rings (SSSR count). The third-order valence-electron chi connectivity index (χ3n) is 3.25. The van der Waals surface area contributed by atoms with Crippen molar-refractivity contribution in [2.75, 3.05) is 7.11 Å². The van der Waals surface area contributed by atoms with Crippen LogP contribution in [-0.4, -0.2) is 12.9 Å². The van der Waals surface area contributed by atoms with E-state index in [9.17, 15) is 9.18 Å². The van der Waals surface area contributed by atoms with Gasteiger partial charge in [0.05, 0.1) is 7.11 Å². The summed E-state index contributed by atoms with van der Waals surface area (Å²) in [4.78, 5) is 11.9. The van der Waals surface area contributed by atoms with Crippen LogP contribution in [0.1, 0.15) is 17.5 Å². The Morgan fingerprint density at radius 2 is 1.90 bits per heavy atom. The number of halogens is 2. The van der Waals surface area contributed by atoms with Crippen LogP contribution in [0, 0.1) is 5.82 Å². The molecule has 0 unspecified atom stereocenters. The van der Waals surface area contributed by atoms with Crippen molar-refractivity contribution in [3.8, 4) is 5.75 Å². The largest absolute Gasteiger partial charge is 0.497 e. The summed E-state index contributed by atoms with van der Waals surface area (Å²) >= 11 is 5.68. The van der Waals surface area contributed by atoms with Crippen LogP contribution < -0.4 is 4.74 Å². The average Bonchev–Trinajstić information content (AvgIpc) is 2.48. The first kappa shape index (κ1) is 15.5. The fourth-order valence-corrected chi connectivity index (χ4v) is 2.20. The van der Waals surface area contributed by atoms with Gasteiger partial charge in [-0.05, 0) is 41.8 Å². The first-order chi connectivity index (χ1) is 10.1. The highest BCUT2D eigenvalue weighted by Crippen LogP contribution is 2.17. The van der Waals surface area contributed by atoms with E-state index in [1.54, 1.807) is 19.2 Å². The highest BCUT2D eigenvalue weighted by atomic mass is 35.5. The first-order valence-corrected chi connectivity index (χ1v) is 7.05. The standard InChI is InChI=1S/C17H16ClFO2/c1-21-16-8-3-12(4-9-16)2-7-15(20)10-13-5-6-14(18)11-17(13)19/h3-6,8-9,11H,2,7,10H2,1H3. The van der Waals surface area contributed by atoms with Crippen molar-refractivity contribution in [2.45, 2.75) is 19.3 Å². The summed E-state index contributed by atoms with van der Waals surface area (Å²) in [5.41, 5.74) is 1.44. The molecule has 0 fully saturated rings. The van der Waals surface area contributed by atoms with Crippen LogP contribution in [-0.2, 0) is 17.6 Å². The highest BCUT2D eigenvalue weighted by Gasteiger charge is 2.09. The Labute approximate surface area is 128 Å². The molecular formula is C17H16ClFO2. The lowest BCUT2D eigenvalue weighted by Crippen LogP contribution is -2.06. The Morgan fingerprint density at radius 1 is 1.19 bits per heavy atom. The molecule has 2 aromatic carbocycles. The molecule has 0 aromatic heterocycles. The molecule has 0 radical (unpaired) electrons. The van der Waals surface area contributed by atoms with Crippen molar-refractivity contribution in [3.63, 3.8) is 0 Å². The molecule has 2 aromatic rings. The number of Topliss-reactive ketones (excluding diaryl/α,β-unsaturated/α-hetero) is 1. The van der Waals surface area contributed by atoms with E-state index in [0.29, 0.717) is 23.4 Å². The Balaban J connectivity index is 1.89. The predicted octanol–water partition coefficient (Wildman–Crippen LogP) is 4.23.